The Hall–Kier alpha value is -1.37. The zero-order chi connectivity index (χ0) is 16.6. The molecule has 25 heavy (non-hydrogen) atoms. The Morgan fingerprint density at radius 1 is 1.28 bits per heavy atom. The summed E-state index contributed by atoms with van der Waals surface area (Å²) in [6.07, 6.45) is 3.80. The van der Waals surface area contributed by atoms with Crippen molar-refractivity contribution in [3.8, 4) is 0 Å². The second kappa shape index (κ2) is 8.83. The maximum atomic E-state index is 12.8. The van der Waals surface area contributed by atoms with Gasteiger partial charge >= 0.3 is 0 Å². The van der Waals surface area contributed by atoms with Crippen LogP contribution in [0.15, 0.2) is 12.3 Å². The van der Waals surface area contributed by atoms with Crippen LogP contribution in [0.25, 0.3) is 11.0 Å². The molecule has 1 N–H and O–H groups in total. The van der Waals surface area contributed by atoms with Crippen LogP contribution < -0.4 is 5.32 Å². The number of aryl methyl sites for hydroxylation is 1. The summed E-state index contributed by atoms with van der Waals surface area (Å²) in [6, 6.07) is 2.71. The molecular weight excluding hydrogens is 361 g/mol. The number of rotatable bonds is 3. The second-order valence-corrected chi connectivity index (χ2v) is 6.57. The number of nitrogens with one attached hydrogen (secondary N) is 1. The molecule has 1 aliphatic heterocycles. The molecule has 3 heterocycles. The quantitative estimate of drug-likeness (QED) is 0.878. The largest absolute Gasteiger partial charge is 0.338 e. The molecule has 0 aliphatic carbocycles. The van der Waals surface area contributed by atoms with Gasteiger partial charge in [-0.05, 0) is 46.7 Å². The first-order valence-electron chi connectivity index (χ1n) is 8.32. The van der Waals surface area contributed by atoms with Gasteiger partial charge in [-0.2, -0.15) is 5.10 Å². The van der Waals surface area contributed by atoms with E-state index in [4.69, 9.17) is 0 Å². The highest BCUT2D eigenvalue weighted by Gasteiger charge is 2.24. The average Bonchev–Trinajstić information content (AvgIpc) is 2.96. The van der Waals surface area contributed by atoms with Crippen LogP contribution in [-0.4, -0.2) is 51.8 Å². The maximum absolute atomic E-state index is 12.8. The monoisotopic (exact) mass is 387 g/mol. The van der Waals surface area contributed by atoms with Gasteiger partial charge in [0.1, 0.15) is 0 Å². The number of carbonyl (C=O) groups excluding carboxylic acids is 1. The van der Waals surface area contributed by atoms with Crippen molar-refractivity contribution in [2.75, 3.05) is 20.1 Å². The molecule has 0 atom stereocenters. The summed E-state index contributed by atoms with van der Waals surface area (Å²) in [5.41, 5.74) is 2.33. The van der Waals surface area contributed by atoms with Crippen LogP contribution in [-0.2, 0) is 0 Å². The number of hydrogen-bond acceptors (Lipinski definition) is 4. The molecule has 1 aliphatic rings. The van der Waals surface area contributed by atoms with Gasteiger partial charge in [0.05, 0.1) is 17.5 Å². The van der Waals surface area contributed by atoms with Gasteiger partial charge < -0.3 is 10.2 Å². The number of hydrogen-bond donors (Lipinski definition) is 1. The Balaban J connectivity index is 0.00000156. The predicted molar refractivity (Wildman–Crippen MR) is 105 cm³/mol. The van der Waals surface area contributed by atoms with Gasteiger partial charge in [-0.25, -0.2) is 9.67 Å². The van der Waals surface area contributed by atoms with Gasteiger partial charge in [-0.15, -0.1) is 24.8 Å². The van der Waals surface area contributed by atoms with E-state index in [1.807, 2.05) is 29.6 Å². The minimum absolute atomic E-state index is 0. The molecule has 1 saturated heterocycles. The third kappa shape index (κ3) is 4.25. The molecule has 0 radical (unpaired) electrons. The molecule has 3 rings (SSSR count). The number of aromatic nitrogens is 3. The molecule has 8 heteroatoms. The summed E-state index contributed by atoms with van der Waals surface area (Å²) in [7, 11) is 1.98. The van der Waals surface area contributed by atoms with Gasteiger partial charge in [-0.3, -0.25) is 4.79 Å². The molecular formula is C17H27Cl2N5O. The van der Waals surface area contributed by atoms with Crippen molar-refractivity contribution < 1.29 is 4.79 Å². The topological polar surface area (TPSA) is 63.1 Å². The molecule has 2 aromatic heterocycles. The fourth-order valence-corrected chi connectivity index (χ4v) is 3.20. The van der Waals surface area contributed by atoms with Gasteiger partial charge in [0, 0.05) is 30.6 Å². The molecule has 0 spiro atoms. The first-order chi connectivity index (χ1) is 11.0. The Morgan fingerprint density at radius 3 is 2.48 bits per heavy atom. The molecule has 2 aromatic rings. The Morgan fingerprint density at radius 2 is 1.92 bits per heavy atom. The minimum atomic E-state index is 0. The van der Waals surface area contributed by atoms with Crippen LogP contribution in [0.1, 0.15) is 48.8 Å². The third-order valence-corrected chi connectivity index (χ3v) is 4.67. The van der Waals surface area contributed by atoms with Crippen LogP contribution in [0.5, 0.6) is 0 Å². The lowest BCUT2D eigenvalue weighted by Gasteiger charge is -2.32. The first kappa shape index (κ1) is 21.7. The van der Waals surface area contributed by atoms with Gasteiger partial charge in [0.2, 0.25) is 0 Å². The fraction of sp³-hybridized carbons (Fsp3) is 0.588. The van der Waals surface area contributed by atoms with Crippen molar-refractivity contribution in [3.63, 3.8) is 0 Å². The SMILES string of the molecule is CNC1CCN(C(=O)c2cc3cnn(C(C)C)c3nc2C)CC1.Cl.Cl. The Bertz CT molecular complexity index is 723. The average molecular weight is 388 g/mol. The van der Waals surface area contributed by atoms with Crippen molar-refractivity contribution in [2.45, 2.75) is 45.7 Å². The van der Waals surface area contributed by atoms with E-state index in [-0.39, 0.29) is 36.8 Å². The summed E-state index contributed by atoms with van der Waals surface area (Å²) in [5, 5.41) is 8.61. The summed E-state index contributed by atoms with van der Waals surface area (Å²) in [4.78, 5) is 19.4. The smallest absolute Gasteiger partial charge is 0.255 e. The van der Waals surface area contributed by atoms with E-state index in [0.717, 1.165) is 42.7 Å². The van der Waals surface area contributed by atoms with Crippen molar-refractivity contribution in [1.29, 1.82) is 0 Å². The van der Waals surface area contributed by atoms with E-state index < -0.39 is 0 Å². The molecule has 1 amide bonds. The van der Waals surface area contributed by atoms with Crippen LogP contribution in [0.4, 0.5) is 0 Å². The Kier molecular flexibility index (Phi) is 7.65. The standard InChI is InChI=1S/C17H25N5O.2ClH/c1-11(2)22-16-13(10-19-22)9-15(12(3)20-16)17(23)21-7-5-14(18-4)6-8-21;;/h9-11,14,18H,5-8H2,1-4H3;2*1H. The van der Waals surface area contributed by atoms with Crippen molar-refractivity contribution in [3.05, 3.63) is 23.5 Å². The van der Waals surface area contributed by atoms with E-state index in [9.17, 15) is 4.79 Å². The highest BCUT2D eigenvalue weighted by molar-refractivity contribution is 5.98. The second-order valence-electron chi connectivity index (χ2n) is 6.57. The van der Waals surface area contributed by atoms with Crippen LogP contribution in [0, 0.1) is 6.92 Å². The number of fused-ring (bicyclic) bond motifs is 1. The fourth-order valence-electron chi connectivity index (χ4n) is 3.20. The summed E-state index contributed by atoms with van der Waals surface area (Å²) >= 11 is 0. The maximum Gasteiger partial charge on any atom is 0.255 e. The van der Waals surface area contributed by atoms with Crippen LogP contribution in [0.3, 0.4) is 0 Å². The number of piperidine rings is 1. The van der Waals surface area contributed by atoms with E-state index >= 15 is 0 Å². The molecule has 0 bridgehead atoms. The summed E-state index contributed by atoms with van der Waals surface area (Å²) < 4.78 is 1.90. The summed E-state index contributed by atoms with van der Waals surface area (Å²) in [5.74, 6) is 0.0868. The highest BCUT2D eigenvalue weighted by atomic mass is 35.5. The lowest BCUT2D eigenvalue weighted by atomic mass is 10.0. The van der Waals surface area contributed by atoms with Crippen LogP contribution >= 0.6 is 24.8 Å². The zero-order valence-electron chi connectivity index (χ0n) is 15.2. The lowest BCUT2D eigenvalue weighted by Crippen LogP contribution is -2.44. The number of nitrogens with zero attached hydrogens (tertiary/aromatic N) is 4. The molecule has 0 aromatic carbocycles. The first-order valence-corrected chi connectivity index (χ1v) is 8.32. The van der Waals surface area contributed by atoms with E-state index in [1.165, 1.54) is 0 Å². The zero-order valence-corrected chi connectivity index (χ0v) is 16.8. The Labute approximate surface area is 161 Å². The third-order valence-electron chi connectivity index (χ3n) is 4.67. The van der Waals surface area contributed by atoms with Gasteiger partial charge in [-0.1, -0.05) is 0 Å². The van der Waals surface area contributed by atoms with Gasteiger partial charge in [0.15, 0.2) is 5.65 Å². The van der Waals surface area contributed by atoms with E-state index in [1.54, 1.807) is 6.20 Å². The molecule has 0 saturated carbocycles. The number of pyridine rings is 1. The van der Waals surface area contributed by atoms with Crippen LogP contribution in [0.2, 0.25) is 0 Å². The molecule has 6 nitrogen and oxygen atoms in total. The van der Waals surface area contributed by atoms with Crippen molar-refractivity contribution in [2.24, 2.45) is 0 Å². The number of likely N-dealkylation sites (tertiary alicyclic amines) is 1. The number of carbonyl (C=O) groups is 1. The predicted octanol–water partition coefficient (Wildman–Crippen LogP) is 2.99. The molecule has 140 valence electrons. The lowest BCUT2D eigenvalue weighted by molar-refractivity contribution is 0.0706. The van der Waals surface area contributed by atoms with Crippen molar-refractivity contribution >= 4 is 41.8 Å². The minimum Gasteiger partial charge on any atom is -0.338 e. The van der Waals surface area contributed by atoms with Gasteiger partial charge in [0.25, 0.3) is 5.91 Å². The molecule has 0 unspecified atom stereocenters. The normalized spacial score (nSPS) is 15.2. The number of halogens is 2. The molecule has 1 fully saturated rings. The number of amides is 1. The van der Waals surface area contributed by atoms with Crippen molar-refractivity contribution in [1.82, 2.24) is 25.0 Å². The van der Waals surface area contributed by atoms with E-state index in [0.29, 0.717) is 11.6 Å². The van der Waals surface area contributed by atoms with E-state index in [2.05, 4.69) is 29.2 Å². The highest BCUT2D eigenvalue weighted by Crippen LogP contribution is 2.21. The summed E-state index contributed by atoms with van der Waals surface area (Å²) in [6.45, 7) is 7.66.